The zero-order valence-electron chi connectivity index (χ0n) is 9.21. The summed E-state index contributed by atoms with van der Waals surface area (Å²) >= 11 is 0. The van der Waals surface area contributed by atoms with E-state index >= 15 is 0 Å². The number of fused-ring (bicyclic) bond motifs is 1. The number of nitrogens with zero attached hydrogens (tertiary/aromatic N) is 2. The Bertz CT molecular complexity index is 640. The molecule has 0 amide bonds. The van der Waals surface area contributed by atoms with Crippen LogP contribution in [0.15, 0.2) is 42.6 Å². The lowest BCUT2D eigenvalue weighted by Gasteiger charge is -2.02. The first-order valence-corrected chi connectivity index (χ1v) is 4.96. The highest BCUT2D eigenvalue weighted by Crippen LogP contribution is 2.22. The van der Waals surface area contributed by atoms with Crippen molar-refractivity contribution >= 4 is 22.5 Å². The smallest absolute Gasteiger partial charge is 0.270 e. The van der Waals surface area contributed by atoms with Gasteiger partial charge in [0, 0.05) is 29.3 Å². The van der Waals surface area contributed by atoms with Gasteiger partial charge in [0.25, 0.3) is 11.6 Å². The van der Waals surface area contributed by atoms with E-state index in [2.05, 4.69) is 6.58 Å². The molecule has 2 rings (SSSR count). The monoisotopic (exact) mass is 230 g/mol. The molecule has 0 unspecified atom stereocenters. The zero-order valence-corrected chi connectivity index (χ0v) is 9.21. The Morgan fingerprint density at radius 3 is 2.71 bits per heavy atom. The van der Waals surface area contributed by atoms with Crippen LogP contribution in [0.5, 0.6) is 0 Å². The van der Waals surface area contributed by atoms with Crippen molar-refractivity contribution in [3.05, 3.63) is 52.7 Å². The number of nitro groups is 1. The number of benzene rings is 1. The highest BCUT2D eigenvalue weighted by atomic mass is 16.6. The first-order valence-electron chi connectivity index (χ1n) is 4.96. The zero-order chi connectivity index (χ0) is 12.6. The molecular weight excluding hydrogens is 220 g/mol. The highest BCUT2D eigenvalue weighted by molar-refractivity contribution is 6.01. The fourth-order valence-corrected chi connectivity index (χ4v) is 1.63. The van der Waals surface area contributed by atoms with Gasteiger partial charge in [0.05, 0.1) is 10.4 Å². The van der Waals surface area contributed by atoms with E-state index in [0.717, 1.165) is 0 Å². The second kappa shape index (κ2) is 3.86. The molecule has 86 valence electrons. The summed E-state index contributed by atoms with van der Waals surface area (Å²) < 4.78 is 1.43. The lowest BCUT2D eigenvalue weighted by atomic mass is 10.2. The maximum absolute atomic E-state index is 11.8. The minimum Gasteiger partial charge on any atom is -0.283 e. The molecule has 0 saturated carbocycles. The molecule has 5 heteroatoms. The summed E-state index contributed by atoms with van der Waals surface area (Å²) in [5.74, 6) is -0.214. The number of hydrogen-bond donors (Lipinski definition) is 0. The predicted octanol–water partition coefficient (Wildman–Crippen LogP) is 2.77. The van der Waals surface area contributed by atoms with Gasteiger partial charge in [-0.15, -0.1) is 0 Å². The molecule has 0 N–H and O–H groups in total. The summed E-state index contributed by atoms with van der Waals surface area (Å²) in [7, 11) is 0. The minimum atomic E-state index is -0.461. The molecule has 0 fully saturated rings. The number of carbonyl (C=O) groups excluding carboxylic acids is 1. The fraction of sp³-hybridized carbons (Fsp3) is 0.0833. The van der Waals surface area contributed by atoms with E-state index in [0.29, 0.717) is 16.5 Å². The van der Waals surface area contributed by atoms with Gasteiger partial charge in [0.1, 0.15) is 0 Å². The van der Waals surface area contributed by atoms with Crippen LogP contribution in [0.4, 0.5) is 5.69 Å². The topological polar surface area (TPSA) is 65.1 Å². The van der Waals surface area contributed by atoms with Gasteiger partial charge in [-0.3, -0.25) is 19.5 Å². The van der Waals surface area contributed by atoms with Crippen LogP contribution in [0.2, 0.25) is 0 Å². The Morgan fingerprint density at radius 2 is 2.12 bits per heavy atom. The van der Waals surface area contributed by atoms with Crippen molar-refractivity contribution in [3.8, 4) is 0 Å². The van der Waals surface area contributed by atoms with Crippen molar-refractivity contribution in [2.45, 2.75) is 6.92 Å². The van der Waals surface area contributed by atoms with E-state index in [9.17, 15) is 14.9 Å². The molecule has 0 spiro atoms. The molecule has 0 bridgehead atoms. The summed E-state index contributed by atoms with van der Waals surface area (Å²) in [5.41, 5.74) is 1.07. The lowest BCUT2D eigenvalue weighted by molar-refractivity contribution is -0.384. The summed E-state index contributed by atoms with van der Waals surface area (Å²) in [6.45, 7) is 5.21. The Balaban J connectivity index is 2.60. The van der Waals surface area contributed by atoms with Crippen LogP contribution in [0, 0.1) is 10.1 Å². The molecule has 0 radical (unpaired) electrons. The summed E-state index contributed by atoms with van der Waals surface area (Å²) in [6.07, 6.45) is 1.59. The number of non-ortho nitro benzene ring substituents is 1. The summed E-state index contributed by atoms with van der Waals surface area (Å²) in [6, 6.07) is 6.06. The molecule has 0 atom stereocenters. The number of allylic oxidation sites excluding steroid dienone is 1. The van der Waals surface area contributed by atoms with Gasteiger partial charge in [0.15, 0.2) is 0 Å². The molecule has 0 saturated heterocycles. The lowest BCUT2D eigenvalue weighted by Crippen LogP contribution is -2.09. The van der Waals surface area contributed by atoms with Gasteiger partial charge >= 0.3 is 0 Å². The van der Waals surface area contributed by atoms with Crippen LogP contribution >= 0.6 is 0 Å². The number of rotatable bonds is 2. The predicted molar refractivity (Wildman–Crippen MR) is 64.0 cm³/mol. The van der Waals surface area contributed by atoms with Gasteiger partial charge < -0.3 is 0 Å². The molecule has 0 aliphatic heterocycles. The average Bonchev–Trinajstić information content (AvgIpc) is 2.70. The largest absolute Gasteiger partial charge is 0.283 e. The molecule has 17 heavy (non-hydrogen) atoms. The van der Waals surface area contributed by atoms with E-state index in [1.807, 2.05) is 0 Å². The molecule has 0 aliphatic carbocycles. The average molecular weight is 230 g/mol. The number of carbonyl (C=O) groups is 1. The molecule has 2 aromatic rings. The van der Waals surface area contributed by atoms with Crippen LogP contribution in [0.3, 0.4) is 0 Å². The maximum Gasteiger partial charge on any atom is 0.270 e. The van der Waals surface area contributed by atoms with E-state index in [1.165, 1.54) is 16.7 Å². The quantitative estimate of drug-likeness (QED) is 0.452. The summed E-state index contributed by atoms with van der Waals surface area (Å²) in [5, 5.41) is 11.3. The Morgan fingerprint density at radius 1 is 1.41 bits per heavy atom. The first kappa shape index (κ1) is 11.1. The molecular formula is C12H10N2O3. The maximum atomic E-state index is 11.8. The van der Waals surface area contributed by atoms with Crippen LogP contribution in [-0.4, -0.2) is 15.4 Å². The Labute approximate surface area is 97.1 Å². The third-order valence-corrected chi connectivity index (χ3v) is 2.47. The third kappa shape index (κ3) is 1.82. The van der Waals surface area contributed by atoms with Crippen molar-refractivity contribution < 1.29 is 9.72 Å². The van der Waals surface area contributed by atoms with Crippen molar-refractivity contribution in [2.24, 2.45) is 0 Å². The fourth-order valence-electron chi connectivity index (χ4n) is 1.63. The second-order valence-corrected chi connectivity index (χ2v) is 3.77. The van der Waals surface area contributed by atoms with Crippen LogP contribution in [0.1, 0.15) is 11.7 Å². The molecule has 1 aromatic heterocycles. The third-order valence-electron chi connectivity index (χ3n) is 2.47. The number of aromatic nitrogens is 1. The van der Waals surface area contributed by atoms with Crippen molar-refractivity contribution in [3.63, 3.8) is 0 Å². The van der Waals surface area contributed by atoms with Gasteiger partial charge in [-0.25, -0.2) is 0 Å². The van der Waals surface area contributed by atoms with Crippen LogP contribution in [0.25, 0.3) is 10.9 Å². The Hall–Kier alpha value is -2.43. The molecule has 1 aromatic carbocycles. The van der Waals surface area contributed by atoms with E-state index in [-0.39, 0.29) is 11.6 Å². The molecule has 0 aliphatic rings. The van der Waals surface area contributed by atoms with E-state index in [1.54, 1.807) is 25.3 Å². The normalized spacial score (nSPS) is 10.4. The van der Waals surface area contributed by atoms with Crippen molar-refractivity contribution in [1.29, 1.82) is 0 Å². The van der Waals surface area contributed by atoms with Gasteiger partial charge in [-0.2, -0.15) is 0 Å². The van der Waals surface area contributed by atoms with Crippen molar-refractivity contribution in [1.82, 2.24) is 4.57 Å². The van der Waals surface area contributed by atoms with E-state index < -0.39 is 4.92 Å². The second-order valence-electron chi connectivity index (χ2n) is 3.77. The van der Waals surface area contributed by atoms with Crippen LogP contribution in [-0.2, 0) is 0 Å². The van der Waals surface area contributed by atoms with Crippen molar-refractivity contribution in [2.75, 3.05) is 0 Å². The number of hydrogen-bond acceptors (Lipinski definition) is 3. The summed E-state index contributed by atoms with van der Waals surface area (Å²) in [4.78, 5) is 21.9. The molecule has 1 heterocycles. The number of nitro benzene ring substituents is 1. The minimum absolute atomic E-state index is 0.0121. The Kier molecular flexibility index (Phi) is 2.51. The van der Waals surface area contributed by atoms with E-state index in [4.69, 9.17) is 0 Å². The SMILES string of the molecule is C=C(C)C(=O)n1ccc2cc([N+](=O)[O-])ccc21. The van der Waals surface area contributed by atoms with Gasteiger partial charge in [-0.05, 0) is 19.1 Å². The van der Waals surface area contributed by atoms with Gasteiger partial charge in [0.2, 0.25) is 0 Å². The molecule has 5 nitrogen and oxygen atoms in total. The van der Waals surface area contributed by atoms with Crippen LogP contribution < -0.4 is 0 Å². The highest BCUT2D eigenvalue weighted by Gasteiger charge is 2.12. The standard InChI is InChI=1S/C12H10N2O3/c1-8(2)12(15)13-6-5-9-7-10(14(16)17)3-4-11(9)13/h3-7H,1H2,2H3. The first-order chi connectivity index (χ1) is 8.00. The van der Waals surface area contributed by atoms with Gasteiger partial charge in [-0.1, -0.05) is 6.58 Å².